The molecule has 0 aromatic rings. The third-order valence-corrected chi connectivity index (χ3v) is 3.22. The van der Waals surface area contributed by atoms with Crippen LogP contribution in [-0.2, 0) is 4.74 Å². The summed E-state index contributed by atoms with van der Waals surface area (Å²) < 4.78 is 5.35. The summed E-state index contributed by atoms with van der Waals surface area (Å²) in [6, 6.07) is 0. The zero-order valence-corrected chi connectivity index (χ0v) is 7.34. The Morgan fingerprint density at radius 3 is 3.09 bits per heavy atom. The van der Waals surface area contributed by atoms with Gasteiger partial charge in [0.25, 0.3) is 0 Å². The van der Waals surface area contributed by atoms with Crippen LogP contribution in [0.25, 0.3) is 0 Å². The van der Waals surface area contributed by atoms with E-state index >= 15 is 0 Å². The Labute approximate surface area is 68.4 Å². The zero-order chi connectivity index (χ0) is 7.84. The molecule has 0 aliphatic heterocycles. The van der Waals surface area contributed by atoms with Crippen LogP contribution in [-0.4, -0.2) is 13.2 Å². The Morgan fingerprint density at radius 1 is 1.64 bits per heavy atom. The molecule has 3 atom stereocenters. The monoisotopic (exact) mass is 152 g/mol. The van der Waals surface area contributed by atoms with Crippen molar-refractivity contribution >= 4 is 0 Å². The highest BCUT2D eigenvalue weighted by atomic mass is 16.5. The number of fused-ring (bicyclic) bond motifs is 1. The summed E-state index contributed by atoms with van der Waals surface area (Å²) in [5, 5.41) is 0. The van der Waals surface area contributed by atoms with Crippen LogP contribution in [0, 0.1) is 11.8 Å². The average Bonchev–Trinajstić information content (AvgIpc) is 2.31. The Kier molecular flexibility index (Phi) is 1.76. The Bertz CT molecular complexity index is 183. The SMILES string of the molecule is CCC1=C[C@H]2C(OC)C[C@H]2C1. The van der Waals surface area contributed by atoms with Gasteiger partial charge in [-0.1, -0.05) is 18.6 Å². The molecule has 2 rings (SSSR count). The zero-order valence-electron chi connectivity index (χ0n) is 7.34. The van der Waals surface area contributed by atoms with Gasteiger partial charge in [-0.2, -0.15) is 0 Å². The van der Waals surface area contributed by atoms with Crippen molar-refractivity contribution in [1.29, 1.82) is 0 Å². The van der Waals surface area contributed by atoms with Crippen molar-refractivity contribution in [1.82, 2.24) is 0 Å². The minimum Gasteiger partial charge on any atom is -0.381 e. The van der Waals surface area contributed by atoms with Crippen LogP contribution in [0.1, 0.15) is 26.2 Å². The minimum atomic E-state index is 0.545. The first-order valence-electron chi connectivity index (χ1n) is 4.57. The maximum Gasteiger partial charge on any atom is 0.0639 e. The van der Waals surface area contributed by atoms with Crippen molar-refractivity contribution in [3.63, 3.8) is 0 Å². The second-order valence-electron chi connectivity index (χ2n) is 3.73. The molecule has 0 bridgehead atoms. The van der Waals surface area contributed by atoms with Crippen molar-refractivity contribution in [2.24, 2.45) is 11.8 Å². The standard InChI is InChI=1S/C10H16O/c1-3-7-4-8-6-10(11-2)9(8)5-7/h5,8-10H,3-4,6H2,1-2H3/t8-,9-,10?/m1/s1. The minimum absolute atomic E-state index is 0.545. The summed E-state index contributed by atoms with van der Waals surface area (Å²) >= 11 is 0. The van der Waals surface area contributed by atoms with E-state index in [-0.39, 0.29) is 0 Å². The topological polar surface area (TPSA) is 9.23 Å². The molecule has 1 saturated carbocycles. The van der Waals surface area contributed by atoms with Gasteiger partial charge in [-0.05, 0) is 25.2 Å². The molecular formula is C10H16O. The van der Waals surface area contributed by atoms with Gasteiger partial charge in [0, 0.05) is 13.0 Å². The van der Waals surface area contributed by atoms with Gasteiger partial charge in [0.15, 0.2) is 0 Å². The molecule has 0 radical (unpaired) electrons. The fourth-order valence-corrected chi connectivity index (χ4v) is 2.38. The van der Waals surface area contributed by atoms with Crippen molar-refractivity contribution in [3.05, 3.63) is 11.6 Å². The molecule has 0 aromatic heterocycles. The second-order valence-corrected chi connectivity index (χ2v) is 3.73. The molecule has 0 heterocycles. The molecule has 2 aliphatic rings. The summed E-state index contributed by atoms with van der Waals surface area (Å²) in [6.07, 6.45) is 6.87. The highest BCUT2D eigenvalue weighted by Gasteiger charge is 2.43. The number of rotatable bonds is 2. The summed E-state index contributed by atoms with van der Waals surface area (Å²) in [6.45, 7) is 2.25. The molecule has 0 spiro atoms. The van der Waals surface area contributed by atoms with Crippen LogP contribution in [0.15, 0.2) is 11.6 Å². The van der Waals surface area contributed by atoms with Gasteiger partial charge in [0.05, 0.1) is 6.10 Å². The maximum absolute atomic E-state index is 5.35. The number of hydrogen-bond acceptors (Lipinski definition) is 1. The van der Waals surface area contributed by atoms with E-state index in [1.807, 2.05) is 7.11 Å². The lowest BCUT2D eigenvalue weighted by atomic mass is 9.73. The van der Waals surface area contributed by atoms with Crippen LogP contribution < -0.4 is 0 Å². The van der Waals surface area contributed by atoms with Gasteiger partial charge in [-0.25, -0.2) is 0 Å². The Morgan fingerprint density at radius 2 is 2.45 bits per heavy atom. The van der Waals surface area contributed by atoms with Gasteiger partial charge >= 0.3 is 0 Å². The predicted molar refractivity (Wildman–Crippen MR) is 45.4 cm³/mol. The Hall–Kier alpha value is -0.300. The van der Waals surface area contributed by atoms with E-state index in [0.29, 0.717) is 6.10 Å². The number of allylic oxidation sites excluding steroid dienone is 1. The van der Waals surface area contributed by atoms with Gasteiger partial charge in [-0.15, -0.1) is 0 Å². The van der Waals surface area contributed by atoms with E-state index in [9.17, 15) is 0 Å². The van der Waals surface area contributed by atoms with Gasteiger partial charge < -0.3 is 4.74 Å². The summed E-state index contributed by atoms with van der Waals surface area (Å²) in [5.41, 5.74) is 1.65. The first kappa shape index (κ1) is 7.35. The number of ether oxygens (including phenoxy) is 1. The van der Waals surface area contributed by atoms with Gasteiger partial charge in [0.2, 0.25) is 0 Å². The lowest BCUT2D eigenvalue weighted by Gasteiger charge is -2.38. The number of hydrogen-bond donors (Lipinski definition) is 0. The van der Waals surface area contributed by atoms with Crippen molar-refractivity contribution in [3.8, 4) is 0 Å². The second kappa shape index (κ2) is 2.63. The maximum atomic E-state index is 5.35. The van der Waals surface area contributed by atoms with Gasteiger partial charge in [-0.3, -0.25) is 0 Å². The van der Waals surface area contributed by atoms with Crippen molar-refractivity contribution in [2.45, 2.75) is 32.3 Å². The average molecular weight is 152 g/mol. The van der Waals surface area contributed by atoms with Crippen LogP contribution in [0.3, 0.4) is 0 Å². The molecule has 11 heavy (non-hydrogen) atoms. The molecule has 1 nitrogen and oxygen atoms in total. The molecular weight excluding hydrogens is 136 g/mol. The largest absolute Gasteiger partial charge is 0.381 e. The summed E-state index contributed by atoms with van der Waals surface area (Å²) in [7, 11) is 1.83. The first-order chi connectivity index (χ1) is 5.35. The number of methoxy groups -OCH3 is 1. The normalized spacial score (nSPS) is 41.3. The highest BCUT2D eigenvalue weighted by Crippen LogP contribution is 2.47. The third-order valence-electron chi connectivity index (χ3n) is 3.22. The highest BCUT2D eigenvalue weighted by molar-refractivity contribution is 5.19. The lowest BCUT2D eigenvalue weighted by molar-refractivity contribution is -0.0334. The summed E-state index contributed by atoms with van der Waals surface area (Å²) in [4.78, 5) is 0. The molecule has 0 amide bonds. The lowest BCUT2D eigenvalue weighted by Crippen LogP contribution is -2.38. The van der Waals surface area contributed by atoms with Crippen molar-refractivity contribution in [2.75, 3.05) is 7.11 Å². The molecule has 0 aromatic carbocycles. The van der Waals surface area contributed by atoms with Crippen LogP contribution in [0.2, 0.25) is 0 Å². The van der Waals surface area contributed by atoms with Crippen molar-refractivity contribution < 1.29 is 4.74 Å². The first-order valence-corrected chi connectivity index (χ1v) is 4.57. The molecule has 2 aliphatic carbocycles. The van der Waals surface area contributed by atoms with Crippen LogP contribution >= 0.6 is 0 Å². The Balaban J connectivity index is 2.00. The summed E-state index contributed by atoms with van der Waals surface area (Å²) in [5.74, 6) is 1.71. The predicted octanol–water partition coefficient (Wildman–Crippen LogP) is 2.38. The molecule has 0 saturated heterocycles. The molecule has 1 fully saturated rings. The fourth-order valence-electron chi connectivity index (χ4n) is 2.38. The fraction of sp³-hybridized carbons (Fsp3) is 0.800. The molecule has 0 N–H and O–H groups in total. The van der Waals surface area contributed by atoms with Crippen LogP contribution in [0.4, 0.5) is 0 Å². The smallest absolute Gasteiger partial charge is 0.0639 e. The van der Waals surface area contributed by atoms with E-state index < -0.39 is 0 Å². The third kappa shape index (κ3) is 1.02. The van der Waals surface area contributed by atoms with E-state index in [2.05, 4.69) is 13.0 Å². The quantitative estimate of drug-likeness (QED) is 0.552. The van der Waals surface area contributed by atoms with Gasteiger partial charge in [0.1, 0.15) is 0 Å². The van der Waals surface area contributed by atoms with E-state index in [4.69, 9.17) is 4.74 Å². The van der Waals surface area contributed by atoms with E-state index in [1.54, 1.807) is 5.57 Å². The molecule has 1 unspecified atom stereocenters. The molecule has 62 valence electrons. The van der Waals surface area contributed by atoms with Crippen LogP contribution in [0.5, 0.6) is 0 Å². The van der Waals surface area contributed by atoms with E-state index in [1.165, 1.54) is 19.3 Å². The molecule has 1 heteroatoms. The van der Waals surface area contributed by atoms with E-state index in [0.717, 1.165) is 11.8 Å².